The van der Waals surface area contributed by atoms with Crippen LogP contribution in [0.15, 0.2) is 22.8 Å². The fourth-order valence-corrected chi connectivity index (χ4v) is 2.75. The topological polar surface area (TPSA) is 53.1 Å². The molecule has 1 atom stereocenters. The lowest BCUT2D eigenvalue weighted by Gasteiger charge is -2.23. The van der Waals surface area contributed by atoms with Crippen molar-refractivity contribution in [2.24, 2.45) is 0 Å². The predicted molar refractivity (Wildman–Crippen MR) is 70.7 cm³/mol. The van der Waals surface area contributed by atoms with Crippen LogP contribution in [0.25, 0.3) is 10.9 Å². The van der Waals surface area contributed by atoms with Crippen molar-refractivity contribution in [3.8, 4) is 0 Å². The molecule has 1 aromatic heterocycles. The van der Waals surface area contributed by atoms with Crippen LogP contribution in [0.2, 0.25) is 0 Å². The molecular formula is C12H14BrN3O. The van der Waals surface area contributed by atoms with Gasteiger partial charge in [0.05, 0.1) is 5.52 Å². The molecule has 2 aromatic rings. The number of rotatable bonds is 1. The average Bonchev–Trinajstić information content (AvgIpc) is 2.68. The number of nitrogen functional groups attached to an aromatic ring is 1. The average molecular weight is 296 g/mol. The van der Waals surface area contributed by atoms with Crippen LogP contribution in [0, 0.1) is 0 Å². The number of nitrogens with zero attached hydrogens (tertiary/aromatic N) is 2. The third-order valence-electron chi connectivity index (χ3n) is 3.11. The molecule has 1 aliphatic heterocycles. The Labute approximate surface area is 108 Å². The summed E-state index contributed by atoms with van der Waals surface area (Å²) >= 11 is 3.48. The minimum absolute atomic E-state index is 0.0566. The van der Waals surface area contributed by atoms with E-state index in [0.717, 1.165) is 40.6 Å². The molecule has 1 fully saturated rings. The van der Waals surface area contributed by atoms with Gasteiger partial charge in [0.1, 0.15) is 4.60 Å². The van der Waals surface area contributed by atoms with Crippen LogP contribution in [0.4, 0.5) is 5.69 Å². The molecule has 0 radical (unpaired) electrons. The van der Waals surface area contributed by atoms with Crippen molar-refractivity contribution < 1.29 is 4.74 Å². The minimum Gasteiger partial charge on any atom is -0.399 e. The van der Waals surface area contributed by atoms with Gasteiger partial charge in [-0.05, 0) is 53.4 Å². The number of hydrogen-bond acceptors (Lipinski definition) is 3. The Morgan fingerprint density at radius 3 is 3.06 bits per heavy atom. The summed E-state index contributed by atoms with van der Waals surface area (Å²) in [4.78, 5) is 0. The highest BCUT2D eigenvalue weighted by atomic mass is 79.9. The summed E-state index contributed by atoms with van der Waals surface area (Å²) in [6, 6.07) is 5.84. The van der Waals surface area contributed by atoms with E-state index in [1.807, 2.05) is 22.9 Å². The minimum atomic E-state index is 0.0566. The first-order valence-corrected chi connectivity index (χ1v) is 6.60. The van der Waals surface area contributed by atoms with E-state index < -0.39 is 0 Å². The second-order valence-electron chi connectivity index (χ2n) is 4.33. The maximum Gasteiger partial charge on any atom is 0.150 e. The first kappa shape index (κ1) is 11.0. The van der Waals surface area contributed by atoms with E-state index in [4.69, 9.17) is 10.5 Å². The Balaban J connectivity index is 2.10. The number of anilines is 1. The third kappa shape index (κ3) is 1.93. The van der Waals surface area contributed by atoms with Gasteiger partial charge in [-0.3, -0.25) is 0 Å². The van der Waals surface area contributed by atoms with Crippen LogP contribution in [-0.4, -0.2) is 16.4 Å². The molecule has 0 amide bonds. The molecule has 4 nitrogen and oxygen atoms in total. The van der Waals surface area contributed by atoms with Crippen LogP contribution >= 0.6 is 15.9 Å². The van der Waals surface area contributed by atoms with Gasteiger partial charge in [-0.15, -0.1) is 0 Å². The summed E-state index contributed by atoms with van der Waals surface area (Å²) in [6.45, 7) is 0.818. The highest BCUT2D eigenvalue weighted by Crippen LogP contribution is 2.31. The van der Waals surface area contributed by atoms with Crippen LogP contribution in [0.5, 0.6) is 0 Å². The molecule has 3 rings (SSSR count). The second kappa shape index (κ2) is 4.31. The standard InChI is InChI=1S/C12H14BrN3O/c13-12-9-7-8(14)4-5-10(9)16(15-12)11-3-1-2-6-17-11/h4-5,7,11H,1-3,6,14H2. The summed E-state index contributed by atoms with van der Waals surface area (Å²) in [7, 11) is 0. The van der Waals surface area contributed by atoms with Gasteiger partial charge in [-0.25, -0.2) is 4.68 Å². The fraction of sp³-hybridized carbons (Fsp3) is 0.417. The number of nitrogens with two attached hydrogens (primary N) is 1. The van der Waals surface area contributed by atoms with Crippen molar-refractivity contribution in [3.05, 3.63) is 22.8 Å². The molecule has 17 heavy (non-hydrogen) atoms. The summed E-state index contributed by atoms with van der Waals surface area (Å²) < 4.78 is 8.55. The number of aromatic nitrogens is 2. The van der Waals surface area contributed by atoms with E-state index in [9.17, 15) is 0 Å². The Kier molecular flexibility index (Phi) is 2.80. The highest BCUT2D eigenvalue weighted by molar-refractivity contribution is 9.10. The van der Waals surface area contributed by atoms with Crippen LogP contribution in [0.1, 0.15) is 25.5 Å². The zero-order chi connectivity index (χ0) is 11.8. The van der Waals surface area contributed by atoms with Crippen molar-refractivity contribution in [1.29, 1.82) is 0 Å². The van der Waals surface area contributed by atoms with Gasteiger partial charge in [0.2, 0.25) is 0 Å². The van der Waals surface area contributed by atoms with E-state index in [1.165, 1.54) is 6.42 Å². The smallest absolute Gasteiger partial charge is 0.150 e. The maximum atomic E-state index is 5.79. The van der Waals surface area contributed by atoms with E-state index in [0.29, 0.717) is 0 Å². The van der Waals surface area contributed by atoms with Gasteiger partial charge >= 0.3 is 0 Å². The maximum absolute atomic E-state index is 5.79. The molecule has 1 unspecified atom stereocenters. The summed E-state index contributed by atoms with van der Waals surface area (Å²) in [5.41, 5.74) is 7.61. The van der Waals surface area contributed by atoms with Crippen LogP contribution < -0.4 is 5.73 Å². The van der Waals surface area contributed by atoms with Crippen molar-refractivity contribution in [2.75, 3.05) is 12.3 Å². The Hall–Kier alpha value is -1.07. The summed E-state index contributed by atoms with van der Waals surface area (Å²) in [5, 5.41) is 5.55. The van der Waals surface area contributed by atoms with Gasteiger partial charge < -0.3 is 10.5 Å². The number of fused-ring (bicyclic) bond motifs is 1. The molecule has 0 saturated carbocycles. The Morgan fingerprint density at radius 2 is 2.29 bits per heavy atom. The number of benzene rings is 1. The third-order valence-corrected chi connectivity index (χ3v) is 3.70. The molecule has 1 aliphatic rings. The predicted octanol–water partition coefficient (Wildman–Crippen LogP) is 3.08. The second-order valence-corrected chi connectivity index (χ2v) is 5.08. The molecule has 0 spiro atoms. The van der Waals surface area contributed by atoms with Crippen LogP contribution in [-0.2, 0) is 4.74 Å². The monoisotopic (exact) mass is 295 g/mol. The molecule has 5 heteroatoms. The van der Waals surface area contributed by atoms with Gasteiger partial charge in [-0.2, -0.15) is 5.10 Å². The Bertz CT molecular complexity index is 546. The summed E-state index contributed by atoms with van der Waals surface area (Å²) in [6.07, 6.45) is 3.41. The lowest BCUT2D eigenvalue weighted by atomic mass is 10.2. The molecule has 90 valence electrons. The number of halogens is 1. The van der Waals surface area contributed by atoms with E-state index in [2.05, 4.69) is 21.0 Å². The zero-order valence-electron chi connectivity index (χ0n) is 9.40. The largest absolute Gasteiger partial charge is 0.399 e. The molecular weight excluding hydrogens is 282 g/mol. The van der Waals surface area contributed by atoms with Crippen molar-refractivity contribution in [2.45, 2.75) is 25.5 Å². The Morgan fingerprint density at radius 1 is 1.41 bits per heavy atom. The number of ether oxygens (including phenoxy) is 1. The van der Waals surface area contributed by atoms with E-state index >= 15 is 0 Å². The molecule has 1 aromatic carbocycles. The van der Waals surface area contributed by atoms with Crippen LogP contribution in [0.3, 0.4) is 0 Å². The first-order valence-electron chi connectivity index (χ1n) is 5.80. The highest BCUT2D eigenvalue weighted by Gasteiger charge is 2.20. The SMILES string of the molecule is Nc1ccc2c(c1)c(Br)nn2C1CCCCO1. The normalized spacial score (nSPS) is 20.9. The van der Waals surface area contributed by atoms with Crippen molar-refractivity contribution in [1.82, 2.24) is 9.78 Å². The fourth-order valence-electron chi connectivity index (χ4n) is 2.26. The first-order chi connectivity index (χ1) is 8.25. The lowest BCUT2D eigenvalue weighted by molar-refractivity contribution is -0.0368. The van der Waals surface area contributed by atoms with Gasteiger partial charge in [-0.1, -0.05) is 0 Å². The summed E-state index contributed by atoms with van der Waals surface area (Å²) in [5.74, 6) is 0. The van der Waals surface area contributed by atoms with E-state index in [1.54, 1.807) is 0 Å². The van der Waals surface area contributed by atoms with Crippen molar-refractivity contribution >= 4 is 32.5 Å². The van der Waals surface area contributed by atoms with E-state index in [-0.39, 0.29) is 6.23 Å². The van der Waals surface area contributed by atoms with Gasteiger partial charge in [0.15, 0.2) is 6.23 Å². The van der Waals surface area contributed by atoms with Crippen molar-refractivity contribution in [3.63, 3.8) is 0 Å². The lowest BCUT2D eigenvalue weighted by Crippen LogP contribution is -2.19. The molecule has 2 N–H and O–H groups in total. The number of hydrogen-bond donors (Lipinski definition) is 1. The molecule has 0 bridgehead atoms. The van der Waals surface area contributed by atoms with Gasteiger partial charge in [0, 0.05) is 17.7 Å². The molecule has 1 saturated heterocycles. The quantitative estimate of drug-likeness (QED) is 0.823. The zero-order valence-corrected chi connectivity index (χ0v) is 11.0. The molecule has 0 aliphatic carbocycles. The molecule has 2 heterocycles. The van der Waals surface area contributed by atoms with Gasteiger partial charge in [0.25, 0.3) is 0 Å².